The molecule has 1 heterocycles. The van der Waals surface area contributed by atoms with Crippen molar-refractivity contribution >= 4 is 10.8 Å². The summed E-state index contributed by atoms with van der Waals surface area (Å²) in [6.45, 7) is 1.55. The summed E-state index contributed by atoms with van der Waals surface area (Å²) < 4.78 is 10.8. The maximum atomic E-state index is 10.8. The van der Waals surface area contributed by atoms with E-state index >= 15 is 0 Å². The Morgan fingerprint density at radius 2 is 2.44 bits per heavy atom. The van der Waals surface area contributed by atoms with Crippen molar-refractivity contribution in [2.45, 2.75) is 13.0 Å². The molecule has 0 aliphatic carbocycles. The van der Waals surface area contributed by atoms with Gasteiger partial charge in [0.25, 0.3) is 0 Å². The number of hydrogen-bond acceptors (Lipinski definition) is 4. The Balaban J connectivity index is 2.27. The lowest BCUT2D eigenvalue weighted by atomic mass is 10.2. The second kappa shape index (κ2) is 7.09. The van der Waals surface area contributed by atoms with Gasteiger partial charge in [0.1, 0.15) is 11.8 Å². The summed E-state index contributed by atoms with van der Waals surface area (Å²) in [5.74, 6) is 0.729. The molecule has 86 valence electrons. The van der Waals surface area contributed by atoms with Crippen LogP contribution in [0.3, 0.4) is 0 Å². The maximum absolute atomic E-state index is 10.8. The van der Waals surface area contributed by atoms with E-state index in [1.165, 1.54) is 0 Å². The van der Waals surface area contributed by atoms with E-state index in [-0.39, 0.29) is 0 Å². The molecule has 1 rings (SSSR count). The Morgan fingerprint density at radius 1 is 1.62 bits per heavy atom. The van der Waals surface area contributed by atoms with Crippen molar-refractivity contribution in [3.63, 3.8) is 0 Å². The first kappa shape index (κ1) is 12.8. The maximum Gasteiger partial charge on any atom is 0.140 e. The van der Waals surface area contributed by atoms with Gasteiger partial charge in [-0.2, -0.15) is 5.26 Å². The molecule has 1 unspecified atom stereocenters. The molecule has 1 atom stereocenters. The van der Waals surface area contributed by atoms with E-state index in [1.807, 2.05) is 12.1 Å². The first-order valence-corrected chi connectivity index (χ1v) is 6.81. The van der Waals surface area contributed by atoms with Crippen LogP contribution in [0.5, 0.6) is 0 Å². The van der Waals surface area contributed by atoms with Crippen molar-refractivity contribution in [3.8, 4) is 6.07 Å². The number of hydrogen-bond donors (Lipinski definition) is 1. The summed E-state index contributed by atoms with van der Waals surface area (Å²) in [6.07, 6.45) is 4.25. The van der Waals surface area contributed by atoms with Crippen LogP contribution in [0, 0.1) is 11.3 Å². The standard InChI is InChI=1S/C11H15N3OS/c1-16(15)6-2-4-13-9-10-3-5-14-11(7-10)8-12/h3,5,7,13H,2,4,6,9H2,1H3. The third kappa shape index (κ3) is 5.01. The zero-order valence-electron chi connectivity index (χ0n) is 9.27. The van der Waals surface area contributed by atoms with Gasteiger partial charge in [0.15, 0.2) is 0 Å². The summed E-state index contributed by atoms with van der Waals surface area (Å²) in [6, 6.07) is 5.65. The Morgan fingerprint density at radius 3 is 3.12 bits per heavy atom. The van der Waals surface area contributed by atoms with Gasteiger partial charge in [-0.25, -0.2) is 4.98 Å². The van der Waals surface area contributed by atoms with Gasteiger partial charge in [0.05, 0.1) is 0 Å². The molecular weight excluding hydrogens is 222 g/mol. The number of nitrogens with zero attached hydrogens (tertiary/aromatic N) is 2. The zero-order valence-corrected chi connectivity index (χ0v) is 10.1. The molecule has 1 aromatic heterocycles. The van der Waals surface area contributed by atoms with Crippen molar-refractivity contribution in [3.05, 3.63) is 29.6 Å². The molecule has 1 aromatic rings. The van der Waals surface area contributed by atoms with E-state index < -0.39 is 10.8 Å². The number of pyridine rings is 1. The fourth-order valence-corrected chi connectivity index (χ4v) is 1.83. The first-order chi connectivity index (χ1) is 7.72. The Hall–Kier alpha value is -1.25. The van der Waals surface area contributed by atoms with E-state index in [4.69, 9.17) is 5.26 Å². The molecule has 16 heavy (non-hydrogen) atoms. The van der Waals surface area contributed by atoms with Gasteiger partial charge >= 0.3 is 0 Å². The second-order valence-electron chi connectivity index (χ2n) is 3.47. The lowest BCUT2D eigenvalue weighted by Crippen LogP contribution is -2.16. The van der Waals surface area contributed by atoms with Crippen molar-refractivity contribution < 1.29 is 4.21 Å². The van der Waals surface area contributed by atoms with Gasteiger partial charge in [0, 0.05) is 35.5 Å². The van der Waals surface area contributed by atoms with Crippen LogP contribution in [0.1, 0.15) is 17.7 Å². The van der Waals surface area contributed by atoms with Crippen molar-refractivity contribution in [1.29, 1.82) is 5.26 Å². The quantitative estimate of drug-likeness (QED) is 0.744. The SMILES string of the molecule is CS(=O)CCCNCc1ccnc(C#N)c1. The van der Waals surface area contributed by atoms with Gasteiger partial charge < -0.3 is 5.32 Å². The molecule has 0 saturated heterocycles. The molecule has 0 radical (unpaired) electrons. The van der Waals surface area contributed by atoms with Crippen molar-refractivity contribution in [2.75, 3.05) is 18.6 Å². The Kier molecular flexibility index (Phi) is 5.68. The molecule has 0 amide bonds. The minimum Gasteiger partial charge on any atom is -0.313 e. The van der Waals surface area contributed by atoms with Gasteiger partial charge in [-0.3, -0.25) is 4.21 Å². The van der Waals surface area contributed by atoms with Crippen molar-refractivity contribution in [1.82, 2.24) is 10.3 Å². The number of nitrogens with one attached hydrogen (secondary N) is 1. The zero-order chi connectivity index (χ0) is 11.8. The monoisotopic (exact) mass is 237 g/mol. The predicted octanol–water partition coefficient (Wildman–Crippen LogP) is 0.811. The summed E-state index contributed by atoms with van der Waals surface area (Å²) in [4.78, 5) is 3.90. The van der Waals surface area contributed by atoms with Crippen LogP contribution >= 0.6 is 0 Å². The predicted molar refractivity (Wildman–Crippen MR) is 64.2 cm³/mol. The highest BCUT2D eigenvalue weighted by molar-refractivity contribution is 7.84. The third-order valence-electron chi connectivity index (χ3n) is 2.05. The van der Waals surface area contributed by atoms with Gasteiger partial charge in [-0.1, -0.05) is 0 Å². The molecule has 1 N–H and O–H groups in total. The molecule has 0 aliphatic heterocycles. The minimum atomic E-state index is -0.712. The number of nitriles is 1. The van der Waals surface area contributed by atoms with E-state index in [1.54, 1.807) is 18.5 Å². The lowest BCUT2D eigenvalue weighted by Gasteiger charge is -2.04. The molecule has 0 fully saturated rings. The summed E-state index contributed by atoms with van der Waals surface area (Å²) in [7, 11) is -0.712. The van der Waals surface area contributed by atoms with Gasteiger partial charge in [-0.05, 0) is 30.7 Å². The third-order valence-corrected chi connectivity index (χ3v) is 2.92. The van der Waals surface area contributed by atoms with Crippen LogP contribution in [0.2, 0.25) is 0 Å². The van der Waals surface area contributed by atoms with E-state index in [0.29, 0.717) is 12.2 Å². The van der Waals surface area contributed by atoms with E-state index in [2.05, 4.69) is 10.3 Å². The Labute approximate surface area is 98.2 Å². The summed E-state index contributed by atoms with van der Waals surface area (Å²) in [5.41, 5.74) is 1.48. The molecule has 0 aliphatic rings. The molecular formula is C11H15N3OS. The molecule has 5 heteroatoms. The highest BCUT2D eigenvalue weighted by atomic mass is 32.2. The van der Waals surface area contributed by atoms with Gasteiger partial charge in [0.2, 0.25) is 0 Å². The lowest BCUT2D eigenvalue weighted by molar-refractivity contribution is 0.661. The second-order valence-corrected chi connectivity index (χ2v) is 5.02. The normalized spacial score (nSPS) is 12.0. The fraction of sp³-hybridized carbons (Fsp3) is 0.455. The average Bonchev–Trinajstić information content (AvgIpc) is 2.28. The molecule has 4 nitrogen and oxygen atoms in total. The fourth-order valence-electron chi connectivity index (χ4n) is 1.28. The van der Waals surface area contributed by atoms with Crippen LogP contribution in [0.4, 0.5) is 0 Å². The van der Waals surface area contributed by atoms with Crippen LogP contribution < -0.4 is 5.32 Å². The smallest absolute Gasteiger partial charge is 0.140 e. The average molecular weight is 237 g/mol. The van der Waals surface area contributed by atoms with Crippen LogP contribution in [0.25, 0.3) is 0 Å². The van der Waals surface area contributed by atoms with E-state index in [0.717, 1.165) is 24.3 Å². The number of rotatable bonds is 6. The van der Waals surface area contributed by atoms with Gasteiger partial charge in [-0.15, -0.1) is 0 Å². The largest absolute Gasteiger partial charge is 0.313 e. The van der Waals surface area contributed by atoms with Crippen molar-refractivity contribution in [2.24, 2.45) is 0 Å². The van der Waals surface area contributed by atoms with E-state index in [9.17, 15) is 4.21 Å². The molecule has 0 saturated carbocycles. The van der Waals surface area contributed by atoms with Crippen LogP contribution in [-0.2, 0) is 17.3 Å². The molecule has 0 bridgehead atoms. The minimum absolute atomic E-state index is 0.439. The van der Waals surface area contributed by atoms with Crippen LogP contribution in [-0.4, -0.2) is 27.7 Å². The molecule has 0 spiro atoms. The van der Waals surface area contributed by atoms with Crippen LogP contribution in [0.15, 0.2) is 18.3 Å². The summed E-state index contributed by atoms with van der Waals surface area (Å²) >= 11 is 0. The highest BCUT2D eigenvalue weighted by Gasteiger charge is 1.96. The first-order valence-electron chi connectivity index (χ1n) is 5.08. The molecule has 0 aromatic carbocycles. The topological polar surface area (TPSA) is 65.8 Å². The Bertz CT molecular complexity index is 400. The highest BCUT2D eigenvalue weighted by Crippen LogP contribution is 2.00. The summed E-state index contributed by atoms with van der Waals surface area (Å²) in [5, 5.41) is 11.9. The number of aromatic nitrogens is 1.